The molecular formula is C54H36N4S. The minimum atomic E-state index is -0.420. The van der Waals surface area contributed by atoms with E-state index in [0.717, 1.165) is 64.4 Å². The normalized spacial score (nSPS) is 14.2. The van der Waals surface area contributed by atoms with E-state index >= 15 is 0 Å². The van der Waals surface area contributed by atoms with Gasteiger partial charge in [0, 0.05) is 64.3 Å². The molecule has 0 atom stereocenters. The maximum atomic E-state index is 8.99. The van der Waals surface area contributed by atoms with E-state index in [1.54, 1.807) is 0 Å². The summed E-state index contributed by atoms with van der Waals surface area (Å²) >= 11 is 1.52. The fourth-order valence-electron chi connectivity index (χ4n) is 9.20. The van der Waals surface area contributed by atoms with Gasteiger partial charge in [-0.3, -0.25) is 0 Å². The molecule has 0 unspecified atom stereocenters. The van der Waals surface area contributed by atoms with Gasteiger partial charge < -0.3 is 4.57 Å². The molecule has 0 amide bonds. The summed E-state index contributed by atoms with van der Waals surface area (Å²) in [7, 11) is 0. The van der Waals surface area contributed by atoms with Crippen molar-refractivity contribution in [2.24, 2.45) is 0 Å². The minimum Gasteiger partial charge on any atom is -0.309 e. The predicted octanol–water partition coefficient (Wildman–Crippen LogP) is 14.3. The summed E-state index contributed by atoms with van der Waals surface area (Å²) in [4.78, 5) is 15.6. The first kappa shape index (κ1) is 29.1. The van der Waals surface area contributed by atoms with Crippen molar-refractivity contribution in [3.63, 3.8) is 0 Å². The summed E-state index contributed by atoms with van der Waals surface area (Å²) in [6.07, 6.45) is 0. The van der Waals surface area contributed by atoms with E-state index in [4.69, 9.17) is 21.8 Å². The van der Waals surface area contributed by atoms with Crippen molar-refractivity contribution in [2.45, 2.75) is 19.3 Å². The second kappa shape index (κ2) is 12.9. The minimum absolute atomic E-state index is 0.169. The molecule has 59 heavy (non-hydrogen) atoms. The van der Waals surface area contributed by atoms with E-state index in [2.05, 4.69) is 97.3 Å². The summed E-state index contributed by atoms with van der Waals surface area (Å²) in [6, 6.07) is 50.4. The molecule has 0 N–H and O–H groups in total. The van der Waals surface area contributed by atoms with E-state index in [-0.39, 0.29) is 35.1 Å². The number of benzene rings is 8. The van der Waals surface area contributed by atoms with Crippen LogP contribution in [0.2, 0.25) is 0 Å². The largest absolute Gasteiger partial charge is 0.309 e. The number of fused-ring (bicyclic) bond motifs is 10. The van der Waals surface area contributed by atoms with Crippen molar-refractivity contribution in [3.8, 4) is 62.1 Å². The number of para-hydroxylation sites is 1. The maximum absolute atomic E-state index is 8.99. The Bertz CT molecular complexity index is 3680. The molecule has 3 heterocycles. The third-order valence-corrected chi connectivity index (χ3v) is 13.2. The maximum Gasteiger partial charge on any atom is 0.165 e. The van der Waals surface area contributed by atoms with Crippen molar-refractivity contribution in [2.75, 3.05) is 0 Å². The van der Waals surface area contributed by atoms with Crippen molar-refractivity contribution >= 4 is 53.3 Å². The lowest BCUT2D eigenvalue weighted by molar-refractivity contribution is 0.661. The highest BCUT2D eigenvalue weighted by molar-refractivity contribution is 7.26. The molecule has 11 aromatic rings. The zero-order chi connectivity index (χ0) is 43.6. The highest BCUT2D eigenvalue weighted by Crippen LogP contribution is 2.53. The first-order valence-corrected chi connectivity index (χ1v) is 20.5. The first-order chi connectivity index (χ1) is 31.1. The molecule has 3 aromatic heterocycles. The van der Waals surface area contributed by atoms with E-state index in [0.29, 0.717) is 23.0 Å². The van der Waals surface area contributed by atoms with Gasteiger partial charge in [-0.1, -0.05) is 178 Å². The molecule has 1 aliphatic carbocycles. The van der Waals surface area contributed by atoms with Crippen molar-refractivity contribution in [3.05, 3.63) is 193 Å². The van der Waals surface area contributed by atoms with E-state index in [1.807, 2.05) is 72.8 Å². The molecule has 0 saturated carbocycles. The van der Waals surface area contributed by atoms with Crippen LogP contribution in [0.3, 0.4) is 0 Å². The highest BCUT2D eigenvalue weighted by Gasteiger charge is 2.37. The van der Waals surface area contributed by atoms with Gasteiger partial charge in [-0.05, 0) is 46.0 Å². The van der Waals surface area contributed by atoms with Crippen molar-refractivity contribution in [1.82, 2.24) is 19.5 Å². The molecule has 4 nitrogen and oxygen atoms in total. The quantitative estimate of drug-likeness (QED) is 0.175. The molecule has 5 heteroatoms. The number of rotatable bonds is 5. The fourth-order valence-corrected chi connectivity index (χ4v) is 10.5. The molecule has 1 aliphatic rings. The third kappa shape index (κ3) is 5.11. The molecule has 0 radical (unpaired) electrons. The lowest BCUT2D eigenvalue weighted by Gasteiger charge is -2.21. The van der Waals surface area contributed by atoms with Crippen LogP contribution in [0.1, 0.15) is 31.8 Å². The lowest BCUT2D eigenvalue weighted by atomic mass is 9.82. The molecule has 0 fully saturated rings. The van der Waals surface area contributed by atoms with Crippen LogP contribution in [0.5, 0.6) is 0 Å². The Morgan fingerprint density at radius 2 is 1.12 bits per heavy atom. The Morgan fingerprint density at radius 3 is 1.88 bits per heavy atom. The van der Waals surface area contributed by atoms with Gasteiger partial charge in [-0.15, -0.1) is 11.3 Å². The van der Waals surface area contributed by atoms with Gasteiger partial charge in [0.25, 0.3) is 0 Å². The van der Waals surface area contributed by atoms with Crippen LogP contribution in [0.15, 0.2) is 182 Å². The van der Waals surface area contributed by atoms with Gasteiger partial charge in [-0.2, -0.15) is 0 Å². The summed E-state index contributed by atoms with van der Waals surface area (Å²) in [5.41, 5.74) is 11.1. The lowest BCUT2D eigenvalue weighted by Crippen LogP contribution is -2.14. The molecule has 8 aromatic carbocycles. The van der Waals surface area contributed by atoms with Gasteiger partial charge in [0.2, 0.25) is 0 Å². The van der Waals surface area contributed by atoms with E-state index < -0.39 is 6.04 Å². The van der Waals surface area contributed by atoms with Gasteiger partial charge in [0.1, 0.15) is 0 Å². The van der Waals surface area contributed by atoms with Gasteiger partial charge in [-0.25, -0.2) is 15.0 Å². The Balaban J connectivity index is 1.24. The SMILES string of the molecule is [2H]c1c([2H])c([2H])c(-c2cccc3c2sc2c(-c4nc(-c5ccccc5)nc(-c5ccccc5)n4)cc(-n4c5ccccc5c5ccc6c(c54)-c4ccccc4C6(C)C)cc23)c([2H])c1[2H]. The second-order valence-electron chi connectivity index (χ2n) is 15.6. The van der Waals surface area contributed by atoms with Gasteiger partial charge >= 0.3 is 0 Å². The number of aromatic nitrogens is 4. The van der Waals surface area contributed by atoms with Crippen LogP contribution in [0.4, 0.5) is 0 Å². The molecule has 278 valence electrons. The molecule has 0 aliphatic heterocycles. The number of nitrogens with zero attached hydrogens (tertiary/aromatic N) is 4. The number of thiophene rings is 1. The molecular weight excluding hydrogens is 737 g/mol. The fraction of sp³-hybridized carbons (Fsp3) is 0.0556. The van der Waals surface area contributed by atoms with Crippen LogP contribution in [-0.2, 0) is 5.41 Å². The summed E-state index contributed by atoms with van der Waals surface area (Å²) < 4.78 is 47.5. The topological polar surface area (TPSA) is 43.6 Å². The summed E-state index contributed by atoms with van der Waals surface area (Å²) in [5.74, 6) is 1.57. The average Bonchev–Trinajstić information content (AvgIpc) is 3.96. The average molecular weight is 778 g/mol. The zero-order valence-electron chi connectivity index (χ0n) is 37.1. The Hall–Kier alpha value is -7.21. The monoisotopic (exact) mass is 777 g/mol. The van der Waals surface area contributed by atoms with Crippen molar-refractivity contribution in [1.29, 1.82) is 0 Å². The first-order valence-electron chi connectivity index (χ1n) is 22.2. The number of hydrogen-bond donors (Lipinski definition) is 0. The summed E-state index contributed by atoms with van der Waals surface area (Å²) in [6.45, 7) is 4.61. The van der Waals surface area contributed by atoms with Gasteiger partial charge in [0.15, 0.2) is 17.5 Å². The van der Waals surface area contributed by atoms with E-state index in [9.17, 15) is 0 Å². The standard InChI is InChI=1S/C54H36N4S/c1-54(2)44-27-14-12-24-41(44)47-45(54)30-29-39-38-23-13-15-28-46(38)58(48(39)47)36-31-42-40-26-16-25-37(33-17-6-3-7-18-33)49(40)59-50(42)43(32-36)53-56-51(34-19-8-4-9-20-34)55-52(57-53)35-21-10-5-11-22-35/h3-32H,1-2H3/i3D,6D,7D,17D,18D. The van der Waals surface area contributed by atoms with Crippen LogP contribution in [0, 0.1) is 0 Å². The van der Waals surface area contributed by atoms with Crippen LogP contribution < -0.4 is 0 Å². The van der Waals surface area contributed by atoms with Crippen LogP contribution >= 0.6 is 11.3 Å². The second-order valence-corrected chi connectivity index (χ2v) is 16.6. The Morgan fingerprint density at radius 1 is 0.492 bits per heavy atom. The molecule has 0 bridgehead atoms. The molecule has 0 saturated heterocycles. The highest BCUT2D eigenvalue weighted by atomic mass is 32.1. The predicted molar refractivity (Wildman–Crippen MR) is 246 cm³/mol. The Labute approximate surface area is 352 Å². The molecule has 12 rings (SSSR count). The van der Waals surface area contributed by atoms with Crippen LogP contribution in [-0.4, -0.2) is 19.5 Å². The third-order valence-electron chi connectivity index (χ3n) is 11.9. The van der Waals surface area contributed by atoms with Crippen LogP contribution in [0.25, 0.3) is 104 Å². The van der Waals surface area contributed by atoms with Gasteiger partial charge in [0.05, 0.1) is 17.9 Å². The number of hydrogen-bond acceptors (Lipinski definition) is 4. The van der Waals surface area contributed by atoms with E-state index in [1.165, 1.54) is 33.6 Å². The summed E-state index contributed by atoms with van der Waals surface area (Å²) in [5, 5.41) is 4.12. The van der Waals surface area contributed by atoms with Crippen molar-refractivity contribution < 1.29 is 6.85 Å². The smallest absolute Gasteiger partial charge is 0.165 e. The molecule has 0 spiro atoms. The Kier molecular flexibility index (Phi) is 6.36. The zero-order valence-corrected chi connectivity index (χ0v) is 32.9.